The molecule has 1 N–H and O–H groups in total. The monoisotopic (exact) mass is 445 g/mol. The van der Waals surface area contributed by atoms with E-state index in [1.807, 2.05) is 67.6 Å². The number of ether oxygens (including phenoxy) is 3. The maximum Gasteiger partial charge on any atom is 0.341 e. The molecule has 7 heteroatoms. The molecule has 0 aliphatic carbocycles. The van der Waals surface area contributed by atoms with Crippen LogP contribution in [0.1, 0.15) is 16.8 Å². The second-order valence-corrected chi connectivity index (χ2v) is 7.36. The topological polar surface area (TPSA) is 91.0 Å². The van der Waals surface area contributed by atoms with Crippen LogP contribution in [0.3, 0.4) is 0 Å². The molecule has 7 nitrogen and oxygen atoms in total. The number of aryl methyl sites for hydroxylation is 1. The summed E-state index contributed by atoms with van der Waals surface area (Å²) in [6.45, 7) is 2.15. The first-order valence-corrected chi connectivity index (χ1v) is 10.3. The number of oxazole rings is 1. The van der Waals surface area contributed by atoms with Crippen LogP contribution >= 0.6 is 0 Å². The van der Waals surface area contributed by atoms with E-state index in [9.17, 15) is 4.79 Å². The molecule has 4 aromatic rings. The third-order valence-electron chi connectivity index (χ3n) is 4.90. The number of benzene rings is 3. The molecule has 0 radical (unpaired) electrons. The molecular formula is C26H23NO6. The highest BCUT2D eigenvalue weighted by Gasteiger charge is 2.14. The SMILES string of the molecule is Cc1cc(OCC(=O)O)c(-c2ccc(OCc3ccccc3)cc2)cc1OCc1cocn1. The lowest BCUT2D eigenvalue weighted by Gasteiger charge is -2.16. The minimum Gasteiger partial charge on any atom is -0.489 e. The van der Waals surface area contributed by atoms with Crippen molar-refractivity contribution < 1.29 is 28.5 Å². The first-order valence-electron chi connectivity index (χ1n) is 10.3. The average molecular weight is 445 g/mol. The lowest BCUT2D eigenvalue weighted by molar-refractivity contribution is -0.139. The molecule has 1 heterocycles. The largest absolute Gasteiger partial charge is 0.489 e. The van der Waals surface area contributed by atoms with Crippen molar-refractivity contribution in [2.75, 3.05) is 6.61 Å². The number of carboxylic acid groups (broad SMARTS) is 1. The maximum atomic E-state index is 11.1. The van der Waals surface area contributed by atoms with E-state index < -0.39 is 12.6 Å². The fraction of sp³-hybridized carbons (Fsp3) is 0.154. The van der Waals surface area contributed by atoms with Gasteiger partial charge < -0.3 is 23.7 Å². The normalized spacial score (nSPS) is 10.6. The summed E-state index contributed by atoms with van der Waals surface area (Å²) in [7, 11) is 0. The van der Waals surface area contributed by atoms with Gasteiger partial charge in [-0.15, -0.1) is 0 Å². The molecule has 3 aromatic carbocycles. The molecule has 0 saturated carbocycles. The molecule has 33 heavy (non-hydrogen) atoms. The average Bonchev–Trinajstić information content (AvgIpc) is 3.35. The maximum absolute atomic E-state index is 11.1. The summed E-state index contributed by atoms with van der Waals surface area (Å²) in [5.74, 6) is 0.779. The van der Waals surface area contributed by atoms with Gasteiger partial charge in [0, 0.05) is 5.56 Å². The van der Waals surface area contributed by atoms with E-state index in [0.29, 0.717) is 29.4 Å². The summed E-state index contributed by atoms with van der Waals surface area (Å²) in [6, 6.07) is 21.1. The zero-order valence-electron chi connectivity index (χ0n) is 18.1. The molecule has 0 aliphatic heterocycles. The minimum atomic E-state index is -1.05. The second-order valence-electron chi connectivity index (χ2n) is 7.36. The number of hydrogen-bond acceptors (Lipinski definition) is 6. The van der Waals surface area contributed by atoms with Crippen molar-refractivity contribution in [3.05, 3.63) is 96.2 Å². The van der Waals surface area contributed by atoms with Crippen molar-refractivity contribution in [1.82, 2.24) is 4.98 Å². The molecule has 0 atom stereocenters. The quantitative estimate of drug-likeness (QED) is 0.355. The highest BCUT2D eigenvalue weighted by Crippen LogP contribution is 2.37. The summed E-state index contributed by atoms with van der Waals surface area (Å²) >= 11 is 0. The molecule has 168 valence electrons. The van der Waals surface area contributed by atoms with Crippen molar-refractivity contribution in [2.45, 2.75) is 20.1 Å². The zero-order chi connectivity index (χ0) is 23.0. The van der Waals surface area contributed by atoms with Crippen LogP contribution in [0.5, 0.6) is 17.2 Å². The van der Waals surface area contributed by atoms with Crippen molar-refractivity contribution in [3.63, 3.8) is 0 Å². The first-order chi connectivity index (χ1) is 16.1. The fourth-order valence-corrected chi connectivity index (χ4v) is 3.23. The second kappa shape index (κ2) is 10.4. The van der Waals surface area contributed by atoms with E-state index in [1.54, 1.807) is 6.07 Å². The predicted molar refractivity (Wildman–Crippen MR) is 121 cm³/mol. The van der Waals surface area contributed by atoms with Gasteiger partial charge in [0.05, 0.1) is 0 Å². The molecule has 0 bridgehead atoms. The Labute approximate surface area is 191 Å². The number of aromatic nitrogens is 1. The first kappa shape index (κ1) is 22.0. The van der Waals surface area contributed by atoms with Crippen LogP contribution in [-0.2, 0) is 18.0 Å². The molecule has 0 saturated heterocycles. The summed E-state index contributed by atoms with van der Waals surface area (Å²) in [5.41, 5.74) is 4.12. The summed E-state index contributed by atoms with van der Waals surface area (Å²) < 4.78 is 22.3. The summed E-state index contributed by atoms with van der Waals surface area (Å²) in [4.78, 5) is 15.1. The van der Waals surface area contributed by atoms with Gasteiger partial charge in [-0.2, -0.15) is 0 Å². The fourth-order valence-electron chi connectivity index (χ4n) is 3.23. The van der Waals surface area contributed by atoms with Crippen LogP contribution < -0.4 is 14.2 Å². The van der Waals surface area contributed by atoms with Gasteiger partial charge in [-0.3, -0.25) is 0 Å². The summed E-state index contributed by atoms with van der Waals surface area (Å²) in [5, 5.41) is 9.06. The van der Waals surface area contributed by atoms with Gasteiger partial charge in [0.25, 0.3) is 0 Å². The highest BCUT2D eigenvalue weighted by atomic mass is 16.5. The zero-order valence-corrected chi connectivity index (χ0v) is 18.1. The van der Waals surface area contributed by atoms with Crippen molar-refractivity contribution in [3.8, 4) is 28.4 Å². The van der Waals surface area contributed by atoms with Crippen molar-refractivity contribution in [2.24, 2.45) is 0 Å². The standard InChI is InChI=1S/C26H23NO6/c1-18-11-25(33-16-26(28)29)23(12-24(18)32-15-21-14-30-17-27-21)20-7-9-22(10-8-20)31-13-19-5-3-2-4-6-19/h2-12,14,17H,13,15-16H2,1H3,(H,28,29). The number of carbonyl (C=O) groups is 1. The number of aliphatic carboxylic acids is 1. The van der Waals surface area contributed by atoms with Gasteiger partial charge in [-0.05, 0) is 47.9 Å². The van der Waals surface area contributed by atoms with Crippen LogP contribution in [0.15, 0.2) is 83.8 Å². The van der Waals surface area contributed by atoms with Crippen molar-refractivity contribution in [1.29, 1.82) is 0 Å². The predicted octanol–water partition coefficient (Wildman–Crippen LogP) is 5.27. The van der Waals surface area contributed by atoms with Gasteiger partial charge in [-0.25, -0.2) is 9.78 Å². The van der Waals surface area contributed by atoms with E-state index in [2.05, 4.69) is 4.98 Å². The van der Waals surface area contributed by atoms with Gasteiger partial charge >= 0.3 is 5.97 Å². The third kappa shape index (κ3) is 5.92. The van der Waals surface area contributed by atoms with Gasteiger partial charge in [-0.1, -0.05) is 42.5 Å². The molecule has 0 fully saturated rings. The van der Waals surface area contributed by atoms with Gasteiger partial charge in [0.1, 0.15) is 42.4 Å². The van der Waals surface area contributed by atoms with Crippen LogP contribution in [0, 0.1) is 6.92 Å². The Bertz CT molecular complexity index is 1190. The van der Waals surface area contributed by atoms with E-state index in [4.69, 9.17) is 23.7 Å². The van der Waals surface area contributed by atoms with Gasteiger partial charge in [0.2, 0.25) is 0 Å². The third-order valence-corrected chi connectivity index (χ3v) is 4.90. The van der Waals surface area contributed by atoms with Crippen molar-refractivity contribution >= 4 is 5.97 Å². The molecule has 1 aromatic heterocycles. The van der Waals surface area contributed by atoms with Crippen LogP contribution in [0.2, 0.25) is 0 Å². The molecule has 0 amide bonds. The Balaban J connectivity index is 1.56. The van der Waals surface area contributed by atoms with Gasteiger partial charge in [0.15, 0.2) is 13.0 Å². The van der Waals surface area contributed by atoms with Crippen LogP contribution in [0.4, 0.5) is 0 Å². The Hall–Kier alpha value is -4.26. The smallest absolute Gasteiger partial charge is 0.341 e. The van der Waals surface area contributed by atoms with E-state index in [1.165, 1.54) is 12.7 Å². The molecular weight excluding hydrogens is 422 g/mol. The molecule has 0 aliphatic rings. The molecule has 4 rings (SSSR count). The Morgan fingerprint density at radius 3 is 2.42 bits per heavy atom. The lowest BCUT2D eigenvalue weighted by Crippen LogP contribution is -2.10. The molecule has 0 spiro atoms. The summed E-state index contributed by atoms with van der Waals surface area (Å²) in [6.07, 6.45) is 2.87. The Morgan fingerprint density at radius 1 is 0.939 bits per heavy atom. The Morgan fingerprint density at radius 2 is 1.73 bits per heavy atom. The van der Waals surface area contributed by atoms with Crippen LogP contribution in [0.25, 0.3) is 11.1 Å². The Kier molecular flexibility index (Phi) is 6.90. The number of nitrogens with zero attached hydrogens (tertiary/aromatic N) is 1. The number of carboxylic acids is 1. The number of hydrogen-bond donors (Lipinski definition) is 1. The number of rotatable bonds is 10. The minimum absolute atomic E-state index is 0.248. The molecule has 0 unspecified atom stereocenters. The van der Waals surface area contributed by atoms with E-state index in [0.717, 1.165) is 22.4 Å². The van der Waals surface area contributed by atoms with Crippen LogP contribution in [-0.4, -0.2) is 22.7 Å². The van der Waals surface area contributed by atoms with E-state index >= 15 is 0 Å². The highest BCUT2D eigenvalue weighted by molar-refractivity contribution is 5.75. The lowest BCUT2D eigenvalue weighted by atomic mass is 10.0. The van der Waals surface area contributed by atoms with E-state index in [-0.39, 0.29) is 6.61 Å².